The fourth-order valence-electron chi connectivity index (χ4n) is 1.44. The molecule has 5 heteroatoms. The zero-order valence-electron chi connectivity index (χ0n) is 7.79. The van der Waals surface area contributed by atoms with E-state index in [4.69, 9.17) is 11.1 Å². The second-order valence-electron chi connectivity index (χ2n) is 3.29. The Morgan fingerprint density at radius 2 is 2.07 bits per heavy atom. The zero-order valence-corrected chi connectivity index (χ0v) is 9.38. The first-order valence-corrected chi connectivity index (χ1v) is 5.35. The van der Waals surface area contributed by atoms with Gasteiger partial charge >= 0.3 is 0 Å². The predicted octanol–water partition coefficient (Wildman–Crippen LogP) is 0.903. The summed E-state index contributed by atoms with van der Waals surface area (Å²) in [4.78, 5) is 4.02. The minimum atomic E-state index is -0.349. The number of nitrogens with one attached hydrogen (secondary N) is 1. The minimum Gasteiger partial charge on any atom is -0.858 e. The normalized spacial score (nSPS) is 20.8. The second-order valence-corrected chi connectivity index (χ2v) is 4.08. The largest absolute Gasteiger partial charge is 0.858 e. The molecule has 0 aromatic heterocycles. The standard InChI is InChI=1S/C9H14BrN3O/c10-8(7(12)5-11)9(14)13-6-3-1-2-4-6/h5-6,11H,1-4,12H2,(H,13,14)/p-1/b8-7-,11-5?. The van der Waals surface area contributed by atoms with Gasteiger partial charge in [0.05, 0.1) is 10.2 Å². The summed E-state index contributed by atoms with van der Waals surface area (Å²) in [6.07, 6.45) is 5.19. The Morgan fingerprint density at radius 3 is 2.57 bits per heavy atom. The van der Waals surface area contributed by atoms with Crippen LogP contribution in [0.5, 0.6) is 0 Å². The van der Waals surface area contributed by atoms with Gasteiger partial charge in [-0.25, -0.2) is 0 Å². The average Bonchev–Trinajstić information content (AvgIpc) is 2.68. The molecule has 14 heavy (non-hydrogen) atoms. The van der Waals surface area contributed by atoms with Gasteiger partial charge in [-0.1, -0.05) is 12.8 Å². The molecule has 1 saturated carbocycles. The van der Waals surface area contributed by atoms with E-state index in [-0.39, 0.29) is 22.1 Å². The first-order chi connectivity index (χ1) is 6.65. The number of halogens is 1. The van der Waals surface area contributed by atoms with Gasteiger partial charge in [0.15, 0.2) is 0 Å². The number of nitrogens with zero attached hydrogens (tertiary/aromatic N) is 1. The van der Waals surface area contributed by atoms with Crippen molar-refractivity contribution in [1.82, 2.24) is 0 Å². The van der Waals surface area contributed by atoms with E-state index < -0.39 is 0 Å². The number of nitrogens with two attached hydrogens (primary N) is 1. The number of hydrogen-bond donors (Lipinski definition) is 2. The molecule has 1 rings (SSSR count). The van der Waals surface area contributed by atoms with E-state index in [9.17, 15) is 5.11 Å². The van der Waals surface area contributed by atoms with Crippen LogP contribution in [0.3, 0.4) is 0 Å². The molecule has 0 heterocycles. The van der Waals surface area contributed by atoms with Gasteiger partial charge in [-0.2, -0.15) is 0 Å². The molecule has 0 spiro atoms. The summed E-state index contributed by atoms with van der Waals surface area (Å²) in [5.74, 6) is -0.349. The summed E-state index contributed by atoms with van der Waals surface area (Å²) in [6.45, 7) is 0. The van der Waals surface area contributed by atoms with Crippen molar-refractivity contribution in [2.45, 2.75) is 31.7 Å². The van der Waals surface area contributed by atoms with Crippen LogP contribution in [-0.2, 0) is 0 Å². The monoisotopic (exact) mass is 258 g/mol. The predicted molar refractivity (Wildman–Crippen MR) is 58.6 cm³/mol. The Morgan fingerprint density at radius 1 is 1.50 bits per heavy atom. The van der Waals surface area contributed by atoms with Gasteiger partial charge in [-0.15, -0.1) is 0 Å². The Balaban J connectivity index is 2.72. The Kier molecular flexibility index (Phi) is 4.13. The van der Waals surface area contributed by atoms with Gasteiger partial charge in [-0.05, 0) is 34.7 Å². The van der Waals surface area contributed by atoms with Crippen molar-refractivity contribution in [3.63, 3.8) is 0 Å². The molecule has 0 aromatic rings. The van der Waals surface area contributed by atoms with E-state index >= 15 is 0 Å². The van der Waals surface area contributed by atoms with Crippen molar-refractivity contribution in [2.75, 3.05) is 0 Å². The van der Waals surface area contributed by atoms with Gasteiger partial charge < -0.3 is 16.2 Å². The average molecular weight is 259 g/mol. The lowest BCUT2D eigenvalue weighted by Gasteiger charge is -2.14. The van der Waals surface area contributed by atoms with E-state index in [1.165, 1.54) is 0 Å². The molecular formula is C9H13BrN3O-. The van der Waals surface area contributed by atoms with Crippen LogP contribution in [0, 0.1) is 5.41 Å². The quantitative estimate of drug-likeness (QED) is 0.583. The molecule has 1 aliphatic carbocycles. The fourth-order valence-corrected chi connectivity index (χ4v) is 1.66. The highest BCUT2D eigenvalue weighted by atomic mass is 79.9. The van der Waals surface area contributed by atoms with Gasteiger partial charge in [0.25, 0.3) is 0 Å². The number of aliphatic imine (C=N–C) groups is 1. The maximum absolute atomic E-state index is 11.4. The van der Waals surface area contributed by atoms with Crippen LogP contribution < -0.4 is 10.8 Å². The minimum absolute atomic E-state index is 0.122. The van der Waals surface area contributed by atoms with Gasteiger partial charge in [0.2, 0.25) is 0 Å². The smallest absolute Gasteiger partial charge is 0.0646 e. The van der Waals surface area contributed by atoms with Gasteiger partial charge in [-0.3, -0.25) is 4.99 Å². The maximum Gasteiger partial charge on any atom is 0.0646 e. The molecule has 3 N–H and O–H groups in total. The summed E-state index contributed by atoms with van der Waals surface area (Å²) < 4.78 is 0.194. The topological polar surface area (TPSA) is 85.3 Å². The van der Waals surface area contributed by atoms with E-state index in [1.54, 1.807) is 0 Å². The van der Waals surface area contributed by atoms with Gasteiger partial charge in [0.1, 0.15) is 0 Å². The summed E-state index contributed by atoms with van der Waals surface area (Å²) in [5, 5.41) is 18.3. The molecule has 0 aromatic carbocycles. The molecule has 0 bridgehead atoms. The Bertz CT molecular complexity index is 280. The lowest BCUT2D eigenvalue weighted by atomic mass is 10.3. The molecule has 0 aliphatic heterocycles. The van der Waals surface area contributed by atoms with Crippen molar-refractivity contribution in [3.8, 4) is 0 Å². The molecule has 78 valence electrons. The molecule has 1 fully saturated rings. The fraction of sp³-hybridized carbons (Fsp3) is 0.556. The third-order valence-electron chi connectivity index (χ3n) is 2.22. The molecular weight excluding hydrogens is 246 g/mol. The summed E-state index contributed by atoms with van der Waals surface area (Å²) >= 11 is 3.04. The molecule has 0 radical (unpaired) electrons. The van der Waals surface area contributed by atoms with Crippen LogP contribution in [0.2, 0.25) is 0 Å². The highest BCUT2D eigenvalue weighted by molar-refractivity contribution is 9.12. The highest BCUT2D eigenvalue weighted by Crippen LogP contribution is 2.21. The Labute approximate surface area is 91.5 Å². The third-order valence-corrected chi connectivity index (χ3v) is 3.02. The van der Waals surface area contributed by atoms with E-state index in [0.29, 0.717) is 0 Å². The van der Waals surface area contributed by atoms with E-state index in [2.05, 4.69) is 20.9 Å². The molecule has 0 amide bonds. The van der Waals surface area contributed by atoms with Gasteiger partial charge in [0, 0.05) is 12.3 Å². The first kappa shape index (κ1) is 11.2. The summed E-state index contributed by atoms with van der Waals surface area (Å²) in [5.41, 5.74) is 5.52. The molecule has 0 unspecified atom stereocenters. The Hall–Kier alpha value is -0.840. The highest BCUT2D eigenvalue weighted by Gasteiger charge is 2.13. The van der Waals surface area contributed by atoms with Crippen molar-refractivity contribution in [1.29, 1.82) is 5.41 Å². The van der Waals surface area contributed by atoms with Crippen molar-refractivity contribution in [3.05, 3.63) is 10.2 Å². The van der Waals surface area contributed by atoms with Crippen LogP contribution in [0.15, 0.2) is 15.2 Å². The molecule has 1 aliphatic rings. The molecule has 4 nitrogen and oxygen atoms in total. The number of rotatable bonds is 3. The van der Waals surface area contributed by atoms with E-state index in [1.807, 2.05) is 0 Å². The van der Waals surface area contributed by atoms with Crippen LogP contribution in [0.25, 0.3) is 0 Å². The van der Waals surface area contributed by atoms with Crippen LogP contribution in [-0.4, -0.2) is 18.2 Å². The summed E-state index contributed by atoms with van der Waals surface area (Å²) in [7, 11) is 0. The lowest BCUT2D eigenvalue weighted by molar-refractivity contribution is -0.213. The molecule has 0 saturated heterocycles. The van der Waals surface area contributed by atoms with Crippen LogP contribution in [0.4, 0.5) is 0 Å². The van der Waals surface area contributed by atoms with Crippen LogP contribution in [0.1, 0.15) is 25.7 Å². The second kappa shape index (κ2) is 5.14. The van der Waals surface area contributed by atoms with Crippen molar-refractivity contribution >= 4 is 28.0 Å². The van der Waals surface area contributed by atoms with Crippen molar-refractivity contribution in [2.24, 2.45) is 10.7 Å². The summed E-state index contributed by atoms with van der Waals surface area (Å²) in [6, 6.07) is 0.147. The number of allylic oxidation sites excluding steroid dienone is 1. The van der Waals surface area contributed by atoms with E-state index in [0.717, 1.165) is 31.9 Å². The van der Waals surface area contributed by atoms with Crippen molar-refractivity contribution < 1.29 is 5.11 Å². The zero-order chi connectivity index (χ0) is 10.6. The first-order valence-electron chi connectivity index (χ1n) is 4.56. The SMILES string of the molecule is N=C/C(N)=C(/Br)C([O-])=NC1CCCC1. The van der Waals surface area contributed by atoms with Crippen LogP contribution >= 0.6 is 15.9 Å². The molecule has 0 atom stereocenters. The third kappa shape index (κ3) is 2.83. The number of hydrogen-bond acceptors (Lipinski definition) is 4. The lowest BCUT2D eigenvalue weighted by Crippen LogP contribution is -2.23. The maximum atomic E-state index is 11.4.